The fourth-order valence-corrected chi connectivity index (χ4v) is 4.39. The summed E-state index contributed by atoms with van der Waals surface area (Å²) in [5.74, 6) is 0. The van der Waals surface area contributed by atoms with Crippen molar-refractivity contribution in [3.05, 3.63) is 23.4 Å². The van der Waals surface area contributed by atoms with Crippen molar-refractivity contribution in [1.29, 1.82) is 0 Å². The zero-order valence-electron chi connectivity index (χ0n) is 11.2. The molecule has 0 bridgehead atoms. The van der Waals surface area contributed by atoms with E-state index in [-0.39, 0.29) is 0 Å². The van der Waals surface area contributed by atoms with Crippen LogP contribution in [0.3, 0.4) is 0 Å². The maximum Gasteiger partial charge on any atom is 0.115 e. The normalized spacial score (nSPS) is 27.1. The van der Waals surface area contributed by atoms with Crippen LogP contribution in [0.1, 0.15) is 33.1 Å². The second-order valence-electron chi connectivity index (χ2n) is 5.75. The molecule has 1 aromatic heterocycles. The average molecular weight is 285 g/mol. The molecule has 4 heteroatoms. The minimum absolute atomic E-state index is 0.423. The summed E-state index contributed by atoms with van der Waals surface area (Å²) in [6, 6.07) is 4.35. The second-order valence-corrected chi connectivity index (χ2v) is 7.38. The Morgan fingerprint density at radius 1 is 1.50 bits per heavy atom. The van der Waals surface area contributed by atoms with Gasteiger partial charge in [-0.15, -0.1) is 0 Å². The molecule has 2 rings (SSSR count). The van der Waals surface area contributed by atoms with Gasteiger partial charge in [0.1, 0.15) is 5.03 Å². The zero-order valence-corrected chi connectivity index (χ0v) is 12.8. The smallest absolute Gasteiger partial charge is 0.115 e. The van der Waals surface area contributed by atoms with Crippen molar-refractivity contribution in [3.63, 3.8) is 0 Å². The number of nitrogens with zero attached hydrogens (tertiary/aromatic N) is 1. The highest BCUT2D eigenvalue weighted by Crippen LogP contribution is 2.43. The third-order valence-electron chi connectivity index (χ3n) is 3.69. The Balaban J connectivity index is 2.12. The van der Waals surface area contributed by atoms with Crippen LogP contribution in [0, 0.1) is 5.41 Å². The van der Waals surface area contributed by atoms with Crippen molar-refractivity contribution in [2.75, 3.05) is 7.05 Å². The van der Waals surface area contributed by atoms with Crippen LogP contribution in [-0.2, 0) is 0 Å². The van der Waals surface area contributed by atoms with Crippen LogP contribution in [0.25, 0.3) is 0 Å². The third kappa shape index (κ3) is 3.40. The molecule has 2 unspecified atom stereocenters. The molecule has 100 valence electrons. The number of pyridine rings is 1. The molecule has 1 aromatic rings. The molecule has 0 spiro atoms. The third-order valence-corrected chi connectivity index (χ3v) is 5.46. The molecule has 1 heterocycles. The highest BCUT2D eigenvalue weighted by atomic mass is 35.5. The van der Waals surface area contributed by atoms with Gasteiger partial charge in [0.05, 0.1) is 5.02 Å². The molecule has 1 aliphatic rings. The Hall–Kier alpha value is -0.250. The Morgan fingerprint density at radius 2 is 2.28 bits per heavy atom. The van der Waals surface area contributed by atoms with Crippen molar-refractivity contribution in [1.82, 2.24) is 10.3 Å². The van der Waals surface area contributed by atoms with Gasteiger partial charge in [-0.05, 0) is 43.9 Å². The Kier molecular flexibility index (Phi) is 4.57. The first-order valence-electron chi connectivity index (χ1n) is 6.46. The number of halogens is 1. The SMILES string of the molecule is CNC1CCC(C)(C)CC1Sc1ncccc1Cl. The van der Waals surface area contributed by atoms with Gasteiger partial charge in [0.15, 0.2) is 0 Å². The number of hydrogen-bond donors (Lipinski definition) is 1. The molecule has 1 aliphatic carbocycles. The van der Waals surface area contributed by atoms with Gasteiger partial charge in [0.2, 0.25) is 0 Å². The van der Waals surface area contributed by atoms with Gasteiger partial charge in [0.25, 0.3) is 0 Å². The minimum Gasteiger partial charge on any atom is -0.316 e. The van der Waals surface area contributed by atoms with Gasteiger partial charge in [-0.25, -0.2) is 4.98 Å². The second kappa shape index (κ2) is 5.81. The lowest BCUT2D eigenvalue weighted by Gasteiger charge is -2.40. The monoisotopic (exact) mass is 284 g/mol. The van der Waals surface area contributed by atoms with Crippen molar-refractivity contribution in [3.8, 4) is 0 Å². The van der Waals surface area contributed by atoms with E-state index in [1.807, 2.05) is 30.1 Å². The summed E-state index contributed by atoms with van der Waals surface area (Å²) in [6.45, 7) is 4.71. The highest BCUT2D eigenvalue weighted by Gasteiger charge is 2.35. The van der Waals surface area contributed by atoms with Crippen LogP contribution in [0.15, 0.2) is 23.4 Å². The molecular weight excluding hydrogens is 264 g/mol. The fraction of sp³-hybridized carbons (Fsp3) is 0.643. The average Bonchev–Trinajstić information content (AvgIpc) is 2.31. The van der Waals surface area contributed by atoms with Crippen LogP contribution < -0.4 is 5.32 Å². The van der Waals surface area contributed by atoms with E-state index in [1.54, 1.807) is 0 Å². The molecule has 1 saturated carbocycles. The van der Waals surface area contributed by atoms with Crippen LogP contribution in [-0.4, -0.2) is 23.3 Å². The van der Waals surface area contributed by atoms with Gasteiger partial charge in [-0.2, -0.15) is 0 Å². The van der Waals surface area contributed by atoms with Gasteiger partial charge < -0.3 is 5.32 Å². The van der Waals surface area contributed by atoms with E-state index in [0.717, 1.165) is 10.0 Å². The molecule has 0 aromatic carbocycles. The predicted molar refractivity (Wildman–Crippen MR) is 79.4 cm³/mol. The molecule has 2 nitrogen and oxygen atoms in total. The largest absolute Gasteiger partial charge is 0.316 e. The van der Waals surface area contributed by atoms with Crippen molar-refractivity contribution in [2.45, 2.75) is 49.4 Å². The van der Waals surface area contributed by atoms with E-state index >= 15 is 0 Å². The lowest BCUT2D eigenvalue weighted by Crippen LogP contribution is -2.43. The molecule has 2 atom stereocenters. The lowest BCUT2D eigenvalue weighted by molar-refractivity contribution is 0.218. The minimum atomic E-state index is 0.423. The topological polar surface area (TPSA) is 24.9 Å². The van der Waals surface area contributed by atoms with E-state index in [0.29, 0.717) is 16.7 Å². The van der Waals surface area contributed by atoms with E-state index in [9.17, 15) is 0 Å². The summed E-state index contributed by atoms with van der Waals surface area (Å²) in [5.41, 5.74) is 0.423. The summed E-state index contributed by atoms with van der Waals surface area (Å²) in [4.78, 5) is 4.39. The van der Waals surface area contributed by atoms with E-state index < -0.39 is 0 Å². The van der Waals surface area contributed by atoms with Crippen molar-refractivity contribution in [2.24, 2.45) is 5.41 Å². The quantitative estimate of drug-likeness (QED) is 0.908. The molecule has 0 radical (unpaired) electrons. The van der Waals surface area contributed by atoms with Crippen LogP contribution in [0.2, 0.25) is 5.02 Å². The van der Waals surface area contributed by atoms with Gasteiger partial charge in [0, 0.05) is 17.5 Å². The lowest BCUT2D eigenvalue weighted by atomic mass is 9.75. The number of rotatable bonds is 3. The van der Waals surface area contributed by atoms with Gasteiger partial charge >= 0.3 is 0 Å². The van der Waals surface area contributed by atoms with Crippen molar-refractivity contribution >= 4 is 23.4 Å². The molecule has 0 amide bonds. The Bertz CT molecular complexity index is 409. The number of thioether (sulfide) groups is 1. The summed E-state index contributed by atoms with van der Waals surface area (Å²) in [7, 11) is 2.05. The van der Waals surface area contributed by atoms with Crippen LogP contribution in [0.5, 0.6) is 0 Å². The van der Waals surface area contributed by atoms with E-state index in [4.69, 9.17) is 11.6 Å². The number of aromatic nitrogens is 1. The molecule has 0 aliphatic heterocycles. The van der Waals surface area contributed by atoms with Gasteiger partial charge in [-0.1, -0.05) is 37.2 Å². The fourth-order valence-electron chi connectivity index (χ4n) is 2.58. The molecular formula is C14H21ClN2S. The maximum absolute atomic E-state index is 6.20. The number of nitrogens with one attached hydrogen (secondary N) is 1. The first-order valence-corrected chi connectivity index (χ1v) is 7.72. The molecule has 1 fully saturated rings. The van der Waals surface area contributed by atoms with Crippen LogP contribution in [0.4, 0.5) is 0 Å². The van der Waals surface area contributed by atoms with E-state index in [1.165, 1.54) is 19.3 Å². The first-order chi connectivity index (χ1) is 8.52. The molecule has 18 heavy (non-hydrogen) atoms. The molecule has 0 saturated heterocycles. The first kappa shape index (κ1) is 14.2. The standard InChI is InChI=1S/C14H21ClN2S/c1-14(2)7-6-11(16-3)12(9-14)18-13-10(15)5-4-8-17-13/h4-5,8,11-12,16H,6-7,9H2,1-3H3. The van der Waals surface area contributed by atoms with E-state index in [2.05, 4.69) is 31.2 Å². The number of hydrogen-bond acceptors (Lipinski definition) is 3. The Morgan fingerprint density at radius 3 is 2.94 bits per heavy atom. The highest BCUT2D eigenvalue weighted by molar-refractivity contribution is 8.00. The summed E-state index contributed by atoms with van der Waals surface area (Å²) in [6.07, 6.45) is 5.53. The zero-order chi connectivity index (χ0) is 13.2. The van der Waals surface area contributed by atoms with Crippen molar-refractivity contribution < 1.29 is 0 Å². The summed E-state index contributed by atoms with van der Waals surface area (Å²) < 4.78 is 0. The van der Waals surface area contributed by atoms with Gasteiger partial charge in [-0.3, -0.25) is 0 Å². The molecule has 1 N–H and O–H groups in total. The predicted octanol–water partition coefficient (Wildman–Crippen LogP) is 3.99. The summed E-state index contributed by atoms with van der Waals surface area (Å²) >= 11 is 8.02. The Labute approximate surface area is 119 Å². The van der Waals surface area contributed by atoms with Crippen LogP contribution >= 0.6 is 23.4 Å². The summed E-state index contributed by atoms with van der Waals surface area (Å²) in [5, 5.41) is 5.71. The maximum atomic E-state index is 6.20.